The second-order valence-electron chi connectivity index (χ2n) is 5.66. The summed E-state index contributed by atoms with van der Waals surface area (Å²) in [5.41, 5.74) is 0.393. The molecular weight excluding hydrogens is 294 g/mol. The number of piperidine rings is 1. The molecule has 7 nitrogen and oxygen atoms in total. The molecule has 7 heteroatoms. The third kappa shape index (κ3) is 3.39. The molecule has 1 saturated heterocycles. The van der Waals surface area contributed by atoms with Crippen molar-refractivity contribution < 1.29 is 9.59 Å². The largest absolute Gasteiger partial charge is 0.353 e. The summed E-state index contributed by atoms with van der Waals surface area (Å²) < 4.78 is 1.65. The number of nitrogens with zero attached hydrogens (tertiary/aromatic N) is 4. The summed E-state index contributed by atoms with van der Waals surface area (Å²) in [7, 11) is 1.75. The third-order valence-corrected chi connectivity index (χ3v) is 4.01. The summed E-state index contributed by atoms with van der Waals surface area (Å²) in [5.74, 6) is -0.271. The first-order valence-corrected chi connectivity index (χ1v) is 7.62. The zero-order valence-electron chi connectivity index (χ0n) is 13.0. The number of aryl methyl sites for hydroxylation is 1. The van der Waals surface area contributed by atoms with E-state index in [4.69, 9.17) is 0 Å². The first kappa shape index (κ1) is 15.2. The maximum Gasteiger partial charge on any atom is 0.294 e. The quantitative estimate of drug-likeness (QED) is 0.666. The van der Waals surface area contributed by atoms with Crippen molar-refractivity contribution in [3.63, 3.8) is 0 Å². The fourth-order valence-corrected chi connectivity index (χ4v) is 2.82. The van der Waals surface area contributed by atoms with Gasteiger partial charge in [-0.1, -0.05) is 0 Å². The van der Waals surface area contributed by atoms with Crippen LogP contribution in [0.2, 0.25) is 0 Å². The van der Waals surface area contributed by atoms with Gasteiger partial charge in [-0.05, 0) is 25.0 Å². The molecule has 0 radical (unpaired) electrons. The molecule has 3 heterocycles. The van der Waals surface area contributed by atoms with Crippen molar-refractivity contribution >= 4 is 17.5 Å². The van der Waals surface area contributed by atoms with Gasteiger partial charge in [0.05, 0.1) is 11.9 Å². The maximum absolute atomic E-state index is 12.2. The molecule has 0 aromatic carbocycles. The van der Waals surface area contributed by atoms with Gasteiger partial charge in [-0.3, -0.25) is 14.6 Å². The summed E-state index contributed by atoms with van der Waals surface area (Å²) in [4.78, 5) is 34.8. The van der Waals surface area contributed by atoms with Crippen LogP contribution >= 0.6 is 0 Å². The SMILES string of the molecule is Cn1cccc1C(=O)C(=O)NC1CCCN(c2cnccn2)C1. The molecule has 1 aliphatic heterocycles. The molecule has 0 bridgehead atoms. The smallest absolute Gasteiger partial charge is 0.294 e. The van der Waals surface area contributed by atoms with Crippen molar-refractivity contribution in [2.75, 3.05) is 18.0 Å². The Morgan fingerprint density at radius 3 is 2.91 bits per heavy atom. The molecule has 2 aromatic heterocycles. The van der Waals surface area contributed by atoms with Crippen LogP contribution in [0.3, 0.4) is 0 Å². The lowest BCUT2D eigenvalue weighted by Gasteiger charge is -2.33. The van der Waals surface area contributed by atoms with Crippen molar-refractivity contribution in [3.8, 4) is 0 Å². The number of nitrogens with one attached hydrogen (secondary N) is 1. The average molecular weight is 313 g/mol. The fourth-order valence-electron chi connectivity index (χ4n) is 2.82. The van der Waals surface area contributed by atoms with E-state index in [1.807, 2.05) is 0 Å². The molecule has 1 unspecified atom stereocenters. The van der Waals surface area contributed by atoms with E-state index in [1.54, 1.807) is 48.5 Å². The standard InChI is InChI=1S/C16H19N5O2/c1-20-8-3-5-13(20)15(22)16(23)19-12-4-2-9-21(11-12)14-10-17-6-7-18-14/h3,5-8,10,12H,2,4,9,11H2,1H3,(H,19,23). The van der Waals surface area contributed by atoms with Crippen LogP contribution in [0.4, 0.5) is 5.82 Å². The van der Waals surface area contributed by atoms with Gasteiger partial charge in [-0.2, -0.15) is 0 Å². The number of carbonyl (C=O) groups is 2. The Hall–Kier alpha value is -2.70. The Labute approximate surface area is 134 Å². The van der Waals surface area contributed by atoms with Crippen LogP contribution in [0.5, 0.6) is 0 Å². The normalized spacial score (nSPS) is 17.8. The first-order chi connectivity index (χ1) is 11.1. The van der Waals surface area contributed by atoms with E-state index in [9.17, 15) is 9.59 Å². The molecular formula is C16H19N5O2. The summed E-state index contributed by atoms with van der Waals surface area (Å²) in [6.45, 7) is 1.50. The fraction of sp³-hybridized carbons (Fsp3) is 0.375. The van der Waals surface area contributed by atoms with E-state index in [0.29, 0.717) is 12.2 Å². The predicted octanol–water partition coefficient (Wildman–Crippen LogP) is 0.783. The topological polar surface area (TPSA) is 80.1 Å². The van der Waals surface area contributed by atoms with Crippen molar-refractivity contribution in [1.29, 1.82) is 0 Å². The minimum absolute atomic E-state index is 0.0672. The summed E-state index contributed by atoms with van der Waals surface area (Å²) >= 11 is 0. The van der Waals surface area contributed by atoms with Gasteiger partial charge < -0.3 is 14.8 Å². The number of amides is 1. The summed E-state index contributed by atoms with van der Waals surface area (Å²) in [5, 5.41) is 2.84. The predicted molar refractivity (Wildman–Crippen MR) is 85.2 cm³/mol. The van der Waals surface area contributed by atoms with E-state index in [2.05, 4.69) is 20.2 Å². The number of hydrogen-bond acceptors (Lipinski definition) is 5. The second-order valence-corrected chi connectivity index (χ2v) is 5.66. The number of Topliss-reactive ketones (excluding diaryl/α,β-unsaturated/α-hetero) is 1. The Balaban J connectivity index is 1.62. The highest BCUT2D eigenvalue weighted by atomic mass is 16.2. The Bertz CT molecular complexity index is 698. The number of ketones is 1. The number of aromatic nitrogens is 3. The van der Waals surface area contributed by atoms with Gasteiger partial charge in [0.25, 0.3) is 11.7 Å². The molecule has 1 aliphatic rings. The van der Waals surface area contributed by atoms with E-state index < -0.39 is 11.7 Å². The van der Waals surface area contributed by atoms with E-state index in [-0.39, 0.29) is 6.04 Å². The molecule has 1 N–H and O–H groups in total. The minimum atomic E-state index is -0.558. The maximum atomic E-state index is 12.2. The molecule has 1 atom stereocenters. The molecule has 1 fully saturated rings. The molecule has 0 saturated carbocycles. The van der Waals surface area contributed by atoms with Crippen molar-refractivity contribution in [2.45, 2.75) is 18.9 Å². The molecule has 120 valence electrons. The first-order valence-electron chi connectivity index (χ1n) is 7.62. The van der Waals surface area contributed by atoms with E-state index in [0.717, 1.165) is 25.2 Å². The molecule has 1 amide bonds. The number of hydrogen-bond donors (Lipinski definition) is 1. The van der Waals surface area contributed by atoms with Crippen LogP contribution in [0.15, 0.2) is 36.9 Å². The van der Waals surface area contributed by atoms with Crippen LogP contribution < -0.4 is 10.2 Å². The highest BCUT2D eigenvalue weighted by Crippen LogP contribution is 2.16. The Morgan fingerprint density at radius 1 is 1.35 bits per heavy atom. The highest BCUT2D eigenvalue weighted by Gasteiger charge is 2.26. The Morgan fingerprint density at radius 2 is 2.22 bits per heavy atom. The average Bonchev–Trinajstić information content (AvgIpc) is 3.01. The molecule has 0 aliphatic carbocycles. The van der Waals surface area contributed by atoms with Crippen molar-refractivity contribution in [1.82, 2.24) is 19.9 Å². The second kappa shape index (κ2) is 6.60. The minimum Gasteiger partial charge on any atom is -0.353 e. The van der Waals surface area contributed by atoms with Crippen LogP contribution in [0.1, 0.15) is 23.3 Å². The molecule has 23 heavy (non-hydrogen) atoms. The lowest BCUT2D eigenvalue weighted by Crippen LogP contribution is -2.49. The summed E-state index contributed by atoms with van der Waals surface area (Å²) in [6.07, 6.45) is 8.51. The van der Waals surface area contributed by atoms with Crippen molar-refractivity contribution in [2.24, 2.45) is 7.05 Å². The van der Waals surface area contributed by atoms with Crippen LogP contribution in [-0.4, -0.2) is 45.4 Å². The van der Waals surface area contributed by atoms with Crippen LogP contribution in [0.25, 0.3) is 0 Å². The lowest BCUT2D eigenvalue weighted by atomic mass is 10.1. The van der Waals surface area contributed by atoms with Gasteiger partial charge in [0.15, 0.2) is 0 Å². The van der Waals surface area contributed by atoms with Gasteiger partial charge >= 0.3 is 0 Å². The number of carbonyl (C=O) groups excluding carboxylic acids is 2. The number of anilines is 1. The van der Waals surface area contributed by atoms with Crippen molar-refractivity contribution in [3.05, 3.63) is 42.6 Å². The van der Waals surface area contributed by atoms with Gasteiger partial charge in [0.1, 0.15) is 5.82 Å². The van der Waals surface area contributed by atoms with Gasteiger partial charge in [0.2, 0.25) is 0 Å². The zero-order valence-corrected chi connectivity index (χ0v) is 13.0. The zero-order chi connectivity index (χ0) is 16.2. The molecule has 2 aromatic rings. The van der Waals surface area contributed by atoms with Gasteiger partial charge in [0, 0.05) is 44.8 Å². The highest BCUT2D eigenvalue weighted by molar-refractivity contribution is 6.42. The molecule has 0 spiro atoms. The Kier molecular flexibility index (Phi) is 4.36. The van der Waals surface area contributed by atoms with Crippen LogP contribution in [0, 0.1) is 0 Å². The monoisotopic (exact) mass is 313 g/mol. The third-order valence-electron chi connectivity index (χ3n) is 4.01. The van der Waals surface area contributed by atoms with Gasteiger partial charge in [-0.25, -0.2) is 4.98 Å². The molecule has 3 rings (SSSR count). The van der Waals surface area contributed by atoms with Crippen LogP contribution in [-0.2, 0) is 11.8 Å². The number of rotatable bonds is 4. The summed E-state index contributed by atoms with van der Waals surface area (Å²) in [6, 6.07) is 3.33. The lowest BCUT2D eigenvalue weighted by molar-refractivity contribution is -0.117. The van der Waals surface area contributed by atoms with E-state index in [1.165, 1.54) is 0 Å². The van der Waals surface area contributed by atoms with Gasteiger partial charge in [-0.15, -0.1) is 0 Å². The van der Waals surface area contributed by atoms with E-state index >= 15 is 0 Å².